The van der Waals surface area contributed by atoms with Gasteiger partial charge in [-0.1, -0.05) is 17.7 Å². The summed E-state index contributed by atoms with van der Waals surface area (Å²) in [4.78, 5) is 22.7. The summed E-state index contributed by atoms with van der Waals surface area (Å²) in [6, 6.07) is 7.31. The minimum atomic E-state index is -0.350. The smallest absolute Gasteiger partial charge is 0.231 e. The summed E-state index contributed by atoms with van der Waals surface area (Å²) in [6.45, 7) is 1.95. The van der Waals surface area contributed by atoms with Gasteiger partial charge in [-0.25, -0.2) is 0 Å². The van der Waals surface area contributed by atoms with Crippen LogP contribution in [0, 0.1) is 17.6 Å². The molecule has 88 valence electrons. The van der Waals surface area contributed by atoms with Crippen molar-refractivity contribution in [1.29, 1.82) is 5.26 Å². The molecule has 1 aromatic carbocycles. The maximum atomic E-state index is 11.4. The Balaban J connectivity index is 2.42. The number of rotatable bonds is 5. The summed E-state index contributed by atoms with van der Waals surface area (Å²) in [5.74, 6) is -0.545. The normalized spacial score (nSPS) is 9.41. The van der Waals surface area contributed by atoms with Crippen molar-refractivity contribution in [1.82, 2.24) is 0 Å². The summed E-state index contributed by atoms with van der Waals surface area (Å²) >= 11 is 0.842. The van der Waals surface area contributed by atoms with E-state index in [-0.39, 0.29) is 23.9 Å². The number of carbonyl (C=O) groups excluding carboxylic acids is 2. The Morgan fingerprint density at radius 2 is 2.00 bits per heavy atom. The van der Waals surface area contributed by atoms with E-state index in [1.165, 1.54) is 0 Å². The van der Waals surface area contributed by atoms with E-state index in [4.69, 9.17) is 5.26 Å². The second-order valence-corrected chi connectivity index (χ2v) is 4.27. The van der Waals surface area contributed by atoms with E-state index >= 15 is 0 Å². The van der Waals surface area contributed by atoms with Crippen LogP contribution in [0.1, 0.15) is 12.0 Å². The van der Waals surface area contributed by atoms with Crippen molar-refractivity contribution in [2.75, 3.05) is 11.1 Å². The number of carbonyl (C=O) groups is 2. The quantitative estimate of drug-likeness (QED) is 0.640. The molecule has 0 saturated carbocycles. The lowest BCUT2D eigenvalue weighted by atomic mass is 10.2. The lowest BCUT2D eigenvalue weighted by Gasteiger charge is -2.04. The fourth-order valence-electron chi connectivity index (χ4n) is 1.18. The van der Waals surface area contributed by atoms with E-state index in [2.05, 4.69) is 5.32 Å². The first-order valence-electron chi connectivity index (χ1n) is 5.01. The van der Waals surface area contributed by atoms with Gasteiger partial charge in [0, 0.05) is 5.69 Å². The van der Waals surface area contributed by atoms with Crippen LogP contribution in [-0.4, -0.2) is 17.4 Å². The SMILES string of the molecule is Cc1ccc(NC(=O)CC(=O)CSC#N)cc1. The molecule has 0 spiro atoms. The number of thioether (sulfide) groups is 1. The number of Topliss-reactive ketones (excluding diaryl/α,β-unsaturated/α-hetero) is 1. The molecule has 1 aromatic rings. The van der Waals surface area contributed by atoms with Gasteiger partial charge in [-0.15, -0.1) is 0 Å². The third-order valence-corrected chi connectivity index (χ3v) is 2.59. The van der Waals surface area contributed by atoms with Gasteiger partial charge < -0.3 is 5.32 Å². The molecule has 0 aliphatic rings. The molecule has 0 heterocycles. The van der Waals surface area contributed by atoms with Gasteiger partial charge in [-0.2, -0.15) is 5.26 Å². The standard InChI is InChI=1S/C12H12N2O2S/c1-9-2-4-10(5-3-9)14-12(16)6-11(15)7-17-8-13/h2-5H,6-7H2,1H3,(H,14,16). The number of ketones is 1. The van der Waals surface area contributed by atoms with Crippen molar-refractivity contribution in [3.63, 3.8) is 0 Å². The minimum absolute atomic E-state index is 0.0534. The molecule has 0 aromatic heterocycles. The largest absolute Gasteiger partial charge is 0.326 e. The topological polar surface area (TPSA) is 70.0 Å². The monoisotopic (exact) mass is 248 g/mol. The summed E-state index contributed by atoms with van der Waals surface area (Å²) in [5.41, 5.74) is 1.77. The van der Waals surface area contributed by atoms with Crippen LogP contribution in [-0.2, 0) is 9.59 Å². The molecular weight excluding hydrogens is 236 g/mol. The first-order valence-corrected chi connectivity index (χ1v) is 5.99. The molecule has 1 rings (SSSR count). The van der Waals surface area contributed by atoms with E-state index in [0.29, 0.717) is 5.69 Å². The lowest BCUT2D eigenvalue weighted by molar-refractivity contribution is -0.123. The maximum absolute atomic E-state index is 11.4. The number of nitrogens with zero attached hydrogens (tertiary/aromatic N) is 1. The number of amides is 1. The van der Waals surface area contributed by atoms with E-state index in [1.807, 2.05) is 19.1 Å². The molecule has 0 aliphatic heterocycles. The van der Waals surface area contributed by atoms with Crippen molar-refractivity contribution in [2.45, 2.75) is 13.3 Å². The Morgan fingerprint density at radius 3 is 2.59 bits per heavy atom. The van der Waals surface area contributed by atoms with Gasteiger partial charge in [0.2, 0.25) is 5.91 Å². The Kier molecular flexibility index (Phi) is 5.24. The Bertz CT molecular complexity index is 449. The average Bonchev–Trinajstić information content (AvgIpc) is 2.29. The number of aryl methyl sites for hydroxylation is 1. The molecule has 17 heavy (non-hydrogen) atoms. The second kappa shape index (κ2) is 6.71. The molecule has 0 saturated heterocycles. The van der Waals surface area contributed by atoms with Crippen LogP contribution in [0.5, 0.6) is 0 Å². The molecule has 0 radical (unpaired) electrons. The molecule has 0 unspecified atom stereocenters. The van der Waals surface area contributed by atoms with E-state index in [1.54, 1.807) is 17.5 Å². The van der Waals surface area contributed by atoms with Crippen LogP contribution >= 0.6 is 11.8 Å². The first-order chi connectivity index (χ1) is 8.11. The molecule has 1 amide bonds. The predicted octanol–water partition coefficient (Wildman–Crippen LogP) is 2.11. The van der Waals surface area contributed by atoms with Crippen molar-refractivity contribution in [3.8, 4) is 5.40 Å². The number of thiocyanates is 1. The molecule has 0 atom stereocenters. The summed E-state index contributed by atoms with van der Waals surface area (Å²) < 4.78 is 0. The van der Waals surface area contributed by atoms with Gasteiger partial charge in [0.05, 0.1) is 12.2 Å². The van der Waals surface area contributed by atoms with Gasteiger partial charge in [-0.05, 0) is 30.8 Å². The van der Waals surface area contributed by atoms with Crippen LogP contribution < -0.4 is 5.32 Å². The van der Waals surface area contributed by atoms with Gasteiger partial charge in [0.1, 0.15) is 5.40 Å². The Hall–Kier alpha value is -1.80. The Morgan fingerprint density at radius 1 is 1.35 bits per heavy atom. The predicted molar refractivity (Wildman–Crippen MR) is 67.5 cm³/mol. The molecule has 1 N–H and O–H groups in total. The molecule has 5 heteroatoms. The van der Waals surface area contributed by atoms with Crippen molar-refractivity contribution in [2.24, 2.45) is 0 Å². The third kappa shape index (κ3) is 5.18. The van der Waals surface area contributed by atoms with Crippen LogP contribution in [0.25, 0.3) is 0 Å². The number of benzene rings is 1. The fraction of sp³-hybridized carbons (Fsp3) is 0.250. The highest BCUT2D eigenvalue weighted by atomic mass is 32.2. The maximum Gasteiger partial charge on any atom is 0.231 e. The van der Waals surface area contributed by atoms with Gasteiger partial charge >= 0.3 is 0 Å². The van der Waals surface area contributed by atoms with Gasteiger partial charge in [-0.3, -0.25) is 9.59 Å². The zero-order valence-corrected chi connectivity index (χ0v) is 10.2. The highest BCUT2D eigenvalue weighted by molar-refractivity contribution is 8.04. The summed E-state index contributed by atoms with van der Waals surface area (Å²) in [6.07, 6.45) is -0.192. The minimum Gasteiger partial charge on any atom is -0.326 e. The molecule has 4 nitrogen and oxygen atoms in total. The van der Waals surface area contributed by atoms with Crippen molar-refractivity contribution in [3.05, 3.63) is 29.8 Å². The van der Waals surface area contributed by atoms with Crippen LogP contribution in [0.4, 0.5) is 5.69 Å². The molecule has 0 bridgehead atoms. The fourth-order valence-corrected chi connectivity index (χ4v) is 1.51. The van der Waals surface area contributed by atoms with Gasteiger partial charge in [0.15, 0.2) is 5.78 Å². The third-order valence-electron chi connectivity index (χ3n) is 1.99. The lowest BCUT2D eigenvalue weighted by Crippen LogP contribution is -2.17. The Labute approximate surface area is 104 Å². The summed E-state index contributed by atoms with van der Waals surface area (Å²) in [5, 5.41) is 12.7. The first kappa shape index (κ1) is 13.3. The van der Waals surface area contributed by atoms with Gasteiger partial charge in [0.25, 0.3) is 0 Å². The van der Waals surface area contributed by atoms with Crippen LogP contribution in [0.15, 0.2) is 24.3 Å². The highest BCUT2D eigenvalue weighted by Gasteiger charge is 2.09. The van der Waals surface area contributed by atoms with E-state index < -0.39 is 0 Å². The van der Waals surface area contributed by atoms with Crippen molar-refractivity contribution < 1.29 is 9.59 Å². The number of nitriles is 1. The van der Waals surface area contributed by atoms with Crippen molar-refractivity contribution >= 4 is 29.1 Å². The number of hydrogen-bond acceptors (Lipinski definition) is 4. The zero-order chi connectivity index (χ0) is 12.7. The summed E-state index contributed by atoms with van der Waals surface area (Å²) in [7, 11) is 0. The second-order valence-electron chi connectivity index (χ2n) is 3.51. The van der Waals surface area contributed by atoms with Crippen LogP contribution in [0.2, 0.25) is 0 Å². The van der Waals surface area contributed by atoms with Crippen LogP contribution in [0.3, 0.4) is 0 Å². The number of nitrogens with one attached hydrogen (secondary N) is 1. The van der Waals surface area contributed by atoms with E-state index in [0.717, 1.165) is 17.3 Å². The number of hydrogen-bond donors (Lipinski definition) is 1. The molecule has 0 aliphatic carbocycles. The van der Waals surface area contributed by atoms with E-state index in [9.17, 15) is 9.59 Å². The number of anilines is 1. The average molecular weight is 248 g/mol. The molecular formula is C12H12N2O2S. The highest BCUT2D eigenvalue weighted by Crippen LogP contribution is 2.09. The zero-order valence-electron chi connectivity index (χ0n) is 9.40. The molecule has 0 fully saturated rings.